The van der Waals surface area contributed by atoms with Gasteiger partial charge in [-0.15, -0.1) is 0 Å². The van der Waals surface area contributed by atoms with Crippen molar-refractivity contribution in [2.45, 2.75) is 38.2 Å². The smallest absolute Gasteiger partial charge is 0.416 e. The molecule has 2 aromatic rings. The highest BCUT2D eigenvalue weighted by molar-refractivity contribution is 6.31. The van der Waals surface area contributed by atoms with Gasteiger partial charge in [-0.05, 0) is 60.4 Å². The molecule has 6 nitrogen and oxygen atoms in total. The van der Waals surface area contributed by atoms with Gasteiger partial charge in [0.2, 0.25) is 5.91 Å². The van der Waals surface area contributed by atoms with Crippen molar-refractivity contribution in [3.05, 3.63) is 70.0 Å². The van der Waals surface area contributed by atoms with E-state index < -0.39 is 71.0 Å². The average molecular weight is 548 g/mol. The van der Waals surface area contributed by atoms with Crippen molar-refractivity contribution in [2.24, 2.45) is 5.92 Å². The molecule has 2 amide bonds. The summed E-state index contributed by atoms with van der Waals surface area (Å²) in [6.45, 7) is 0.662. The number of halogens is 7. The average Bonchev–Trinajstić information content (AvgIpc) is 2.81. The molecule has 0 aliphatic carbocycles. The normalized spacial score (nSPS) is 18.3. The van der Waals surface area contributed by atoms with Gasteiger partial charge < -0.3 is 14.9 Å². The van der Waals surface area contributed by atoms with Gasteiger partial charge in [0.05, 0.1) is 11.1 Å². The number of piperidine rings is 1. The number of alkyl halides is 6. The lowest BCUT2D eigenvalue weighted by molar-refractivity contribution is -0.157. The number of hydrogen-bond donors (Lipinski definition) is 1. The summed E-state index contributed by atoms with van der Waals surface area (Å²) in [6.07, 6.45) is -10.1. The third-order valence-electron chi connectivity index (χ3n) is 6.47. The molecule has 1 N–H and O–H groups in total. The van der Waals surface area contributed by atoms with Gasteiger partial charge >= 0.3 is 24.2 Å². The Bertz CT molecular complexity index is 1210. The van der Waals surface area contributed by atoms with Crippen LogP contribution in [0.3, 0.4) is 0 Å². The number of carbonyl (C=O) groups excluding carboxylic acids is 2. The first-order chi connectivity index (χ1) is 17.5. The van der Waals surface area contributed by atoms with E-state index in [0.717, 1.165) is 15.9 Å². The number of amides is 2. The fourth-order valence-electron chi connectivity index (χ4n) is 4.68. The molecule has 2 aromatic carbocycles. The van der Waals surface area contributed by atoms with Gasteiger partial charge in [-0.3, -0.25) is 9.59 Å². The quantitative estimate of drug-likeness (QED) is 0.438. The van der Waals surface area contributed by atoms with E-state index >= 15 is 0 Å². The number of rotatable bonds is 4. The lowest BCUT2D eigenvalue weighted by atomic mass is 9.78. The zero-order valence-electron chi connectivity index (χ0n) is 20.2. The van der Waals surface area contributed by atoms with Crippen LogP contribution in [0, 0.1) is 18.7 Å². The summed E-state index contributed by atoms with van der Waals surface area (Å²) in [5.41, 5.74) is -2.53. The molecule has 1 saturated heterocycles. The van der Waals surface area contributed by atoms with Crippen molar-refractivity contribution >= 4 is 17.8 Å². The maximum absolute atomic E-state index is 13.7. The highest BCUT2D eigenvalue weighted by Gasteiger charge is 2.41. The van der Waals surface area contributed by atoms with E-state index in [9.17, 15) is 45.1 Å². The van der Waals surface area contributed by atoms with Gasteiger partial charge in [0, 0.05) is 38.5 Å². The third-order valence-corrected chi connectivity index (χ3v) is 6.47. The Hall–Kier alpha value is -3.64. The second-order valence-electron chi connectivity index (χ2n) is 9.17. The largest absolute Gasteiger partial charge is 0.474 e. The summed E-state index contributed by atoms with van der Waals surface area (Å²) in [5, 5.41) is 9.09. The monoisotopic (exact) mass is 548 g/mol. The first-order valence-electron chi connectivity index (χ1n) is 11.3. The zero-order chi connectivity index (χ0) is 28.6. The van der Waals surface area contributed by atoms with Crippen LogP contribution < -0.4 is 0 Å². The summed E-state index contributed by atoms with van der Waals surface area (Å²) >= 11 is 0. The minimum Gasteiger partial charge on any atom is -0.474 e. The molecular formula is C25H23F7N2O4. The lowest BCUT2D eigenvalue weighted by Gasteiger charge is -2.39. The molecule has 206 valence electrons. The third kappa shape index (κ3) is 6.43. The molecule has 0 spiro atoms. The fourth-order valence-corrected chi connectivity index (χ4v) is 4.68. The maximum Gasteiger partial charge on any atom is 0.416 e. The van der Waals surface area contributed by atoms with E-state index in [-0.39, 0.29) is 25.6 Å². The van der Waals surface area contributed by atoms with Crippen LogP contribution in [0.5, 0.6) is 0 Å². The molecule has 0 radical (unpaired) electrons. The highest BCUT2D eigenvalue weighted by atomic mass is 19.4. The summed E-state index contributed by atoms with van der Waals surface area (Å²) in [4.78, 5) is 38.7. The van der Waals surface area contributed by atoms with Crippen molar-refractivity contribution in [1.82, 2.24) is 9.80 Å². The van der Waals surface area contributed by atoms with Gasteiger partial charge in [0.25, 0.3) is 0 Å². The summed E-state index contributed by atoms with van der Waals surface area (Å²) in [5.74, 6) is -5.80. The van der Waals surface area contributed by atoms with E-state index in [4.69, 9.17) is 5.11 Å². The van der Waals surface area contributed by atoms with Crippen LogP contribution >= 0.6 is 0 Å². The zero-order valence-corrected chi connectivity index (χ0v) is 20.2. The molecule has 0 bridgehead atoms. The molecular weight excluding hydrogens is 525 g/mol. The molecule has 38 heavy (non-hydrogen) atoms. The Labute approximate surface area is 212 Å². The van der Waals surface area contributed by atoms with Crippen LogP contribution in [0.2, 0.25) is 0 Å². The van der Waals surface area contributed by atoms with Crippen molar-refractivity contribution in [3.63, 3.8) is 0 Å². The summed E-state index contributed by atoms with van der Waals surface area (Å²) in [7, 11) is 1.22. The predicted molar refractivity (Wildman–Crippen MR) is 119 cm³/mol. The van der Waals surface area contributed by atoms with Crippen LogP contribution in [0.15, 0.2) is 36.4 Å². The standard InChI is InChI=1S/C25H23F7N2O4/c1-13-7-17(26)3-4-18(13)20-12-34(22(36)23(37)38)6-5-19(20)21(35)33(2)11-14-8-15(24(27,28)29)10-16(9-14)25(30,31)32/h3-4,7-10,19-20H,5-6,11-12H2,1-2H3,(H,37,38)/t19-,20+/m1/s1. The molecule has 0 unspecified atom stereocenters. The Morgan fingerprint density at radius 2 is 1.58 bits per heavy atom. The van der Waals surface area contributed by atoms with Gasteiger partial charge in [-0.25, -0.2) is 9.18 Å². The number of aliphatic carboxylic acids is 1. The number of aryl methyl sites for hydroxylation is 1. The molecule has 3 rings (SSSR count). The SMILES string of the molecule is Cc1cc(F)ccc1[C@@H]1CN(C(=O)C(=O)O)CC[C@H]1C(=O)N(C)Cc1cc(C(F)(F)F)cc(C(F)(F)F)c1. The van der Waals surface area contributed by atoms with Crippen molar-refractivity contribution < 1.29 is 50.2 Å². The van der Waals surface area contributed by atoms with Crippen molar-refractivity contribution in [2.75, 3.05) is 20.1 Å². The van der Waals surface area contributed by atoms with Crippen LogP contribution in [-0.4, -0.2) is 52.8 Å². The number of likely N-dealkylation sites (tertiary alicyclic amines) is 1. The van der Waals surface area contributed by atoms with Crippen molar-refractivity contribution in [3.8, 4) is 0 Å². The molecule has 2 atom stereocenters. The van der Waals surface area contributed by atoms with E-state index in [1.165, 1.54) is 19.2 Å². The highest BCUT2D eigenvalue weighted by Crippen LogP contribution is 2.38. The molecule has 1 aliphatic rings. The van der Waals surface area contributed by atoms with E-state index in [1.54, 1.807) is 6.92 Å². The first kappa shape index (κ1) is 28.9. The number of carboxylic acids is 1. The Kier molecular flexibility index (Phi) is 8.08. The van der Waals surface area contributed by atoms with E-state index in [1.807, 2.05) is 0 Å². The number of carboxylic acid groups (broad SMARTS) is 1. The van der Waals surface area contributed by atoms with Gasteiger partial charge in [-0.1, -0.05) is 6.07 Å². The van der Waals surface area contributed by atoms with Crippen LogP contribution in [0.4, 0.5) is 30.7 Å². The van der Waals surface area contributed by atoms with Gasteiger partial charge in [0.15, 0.2) is 0 Å². The minimum absolute atomic E-state index is 0.00610. The number of hydrogen-bond acceptors (Lipinski definition) is 3. The Morgan fingerprint density at radius 3 is 2.08 bits per heavy atom. The number of benzene rings is 2. The number of carbonyl (C=O) groups is 3. The van der Waals surface area contributed by atoms with Crippen LogP contribution in [0.25, 0.3) is 0 Å². The second-order valence-corrected chi connectivity index (χ2v) is 9.17. The number of nitrogens with zero attached hydrogens (tertiary/aromatic N) is 2. The fraction of sp³-hybridized carbons (Fsp3) is 0.400. The Balaban J connectivity index is 1.93. The molecule has 13 heteroatoms. The van der Waals surface area contributed by atoms with Gasteiger partial charge in [-0.2, -0.15) is 26.3 Å². The van der Waals surface area contributed by atoms with Crippen molar-refractivity contribution in [1.29, 1.82) is 0 Å². The molecule has 1 fully saturated rings. The lowest BCUT2D eigenvalue weighted by Crippen LogP contribution is -2.49. The molecule has 1 heterocycles. The molecule has 0 saturated carbocycles. The topological polar surface area (TPSA) is 77.9 Å². The Morgan fingerprint density at radius 1 is 1.00 bits per heavy atom. The minimum atomic E-state index is -5.05. The molecule has 0 aromatic heterocycles. The summed E-state index contributed by atoms with van der Waals surface area (Å²) < 4.78 is 93.1. The van der Waals surface area contributed by atoms with Gasteiger partial charge in [0.1, 0.15) is 5.82 Å². The first-order valence-corrected chi connectivity index (χ1v) is 11.3. The van der Waals surface area contributed by atoms with Crippen LogP contribution in [-0.2, 0) is 33.3 Å². The van der Waals surface area contributed by atoms with Crippen LogP contribution in [0.1, 0.15) is 40.2 Å². The van der Waals surface area contributed by atoms with E-state index in [2.05, 4.69) is 0 Å². The second kappa shape index (κ2) is 10.6. The predicted octanol–water partition coefficient (Wildman–Crippen LogP) is 4.85. The van der Waals surface area contributed by atoms with E-state index in [0.29, 0.717) is 23.3 Å². The maximum atomic E-state index is 13.7. The molecule has 1 aliphatic heterocycles. The summed E-state index contributed by atoms with van der Waals surface area (Å²) in [6, 6.07) is 4.79.